The lowest BCUT2D eigenvalue weighted by Crippen LogP contribution is -2.10. The molecular weight excluding hydrogens is 458 g/mol. The normalized spacial score (nSPS) is 11.4. The van der Waals surface area contributed by atoms with E-state index in [1.807, 2.05) is 41.1 Å². The van der Waals surface area contributed by atoms with E-state index >= 15 is 0 Å². The van der Waals surface area contributed by atoms with Crippen molar-refractivity contribution in [1.29, 1.82) is 0 Å². The van der Waals surface area contributed by atoms with Gasteiger partial charge in [0.15, 0.2) is 0 Å². The third-order valence-corrected chi connectivity index (χ3v) is 7.36. The molecule has 4 heterocycles. The first-order chi connectivity index (χ1) is 14.7. The highest BCUT2D eigenvalue weighted by Gasteiger charge is 2.15. The number of hydrogen-bond acceptors (Lipinski definition) is 7. The summed E-state index contributed by atoms with van der Waals surface area (Å²) in [4.78, 5) is 26.7. The molecule has 5 aromatic rings. The number of fused-ring (bicyclic) bond motifs is 1. The van der Waals surface area contributed by atoms with Crippen molar-refractivity contribution < 1.29 is 0 Å². The zero-order valence-corrected chi connectivity index (χ0v) is 18.6. The molecule has 150 valence electrons. The van der Waals surface area contributed by atoms with E-state index in [0.29, 0.717) is 32.0 Å². The second-order valence-electron chi connectivity index (χ2n) is 6.43. The van der Waals surface area contributed by atoms with E-state index in [1.54, 1.807) is 11.3 Å². The Morgan fingerprint density at radius 3 is 2.77 bits per heavy atom. The zero-order chi connectivity index (χ0) is 20.5. The van der Waals surface area contributed by atoms with Crippen molar-refractivity contribution in [1.82, 2.24) is 25.1 Å². The van der Waals surface area contributed by atoms with Crippen molar-refractivity contribution in [2.24, 2.45) is 0 Å². The van der Waals surface area contributed by atoms with E-state index < -0.39 is 0 Å². The van der Waals surface area contributed by atoms with Gasteiger partial charge in [-0.25, -0.2) is 9.97 Å². The maximum absolute atomic E-state index is 12.8. The van der Waals surface area contributed by atoms with Crippen LogP contribution in [0.2, 0.25) is 5.02 Å². The van der Waals surface area contributed by atoms with Crippen LogP contribution in [0, 0.1) is 0 Å². The molecule has 1 aromatic carbocycles. The Hall–Kier alpha value is -2.46. The van der Waals surface area contributed by atoms with Crippen LogP contribution in [0.5, 0.6) is 0 Å². The highest BCUT2D eigenvalue weighted by molar-refractivity contribution is 7.98. The summed E-state index contributed by atoms with van der Waals surface area (Å²) in [5.41, 5.74) is 1.47. The molecule has 0 aliphatic carbocycles. The Bertz CT molecular complexity index is 1370. The molecule has 5 rings (SSSR count). The molecule has 0 saturated carbocycles. The van der Waals surface area contributed by atoms with Crippen LogP contribution < -0.4 is 5.56 Å². The average molecular weight is 472 g/mol. The molecule has 0 amide bonds. The van der Waals surface area contributed by atoms with E-state index in [0.717, 1.165) is 23.4 Å². The molecule has 0 aliphatic rings. The molecule has 30 heavy (non-hydrogen) atoms. The smallest absolute Gasteiger partial charge is 0.260 e. The summed E-state index contributed by atoms with van der Waals surface area (Å²) in [6.45, 7) is 0. The molecule has 4 aromatic heterocycles. The van der Waals surface area contributed by atoms with Gasteiger partial charge in [-0.15, -0.1) is 27.8 Å². The number of nitrogens with zero attached hydrogens (tertiary/aromatic N) is 3. The van der Waals surface area contributed by atoms with Crippen LogP contribution in [0.15, 0.2) is 57.1 Å². The van der Waals surface area contributed by atoms with Crippen molar-refractivity contribution in [3.63, 3.8) is 0 Å². The van der Waals surface area contributed by atoms with Gasteiger partial charge in [-0.3, -0.25) is 9.89 Å². The molecule has 0 bridgehead atoms. The van der Waals surface area contributed by atoms with Crippen LogP contribution in [-0.2, 0) is 12.2 Å². The summed E-state index contributed by atoms with van der Waals surface area (Å²) in [5, 5.41) is 13.0. The van der Waals surface area contributed by atoms with Crippen molar-refractivity contribution in [2.45, 2.75) is 17.3 Å². The van der Waals surface area contributed by atoms with Gasteiger partial charge in [0.2, 0.25) is 5.16 Å². The number of thiophene rings is 2. The summed E-state index contributed by atoms with van der Waals surface area (Å²) in [6.07, 6.45) is 0.728. The maximum atomic E-state index is 12.8. The first-order valence-corrected chi connectivity index (χ1v) is 12.1. The molecule has 0 atom stereocenters. The summed E-state index contributed by atoms with van der Waals surface area (Å²) < 4.78 is 0. The Morgan fingerprint density at radius 1 is 1.03 bits per heavy atom. The van der Waals surface area contributed by atoms with Gasteiger partial charge in [0.05, 0.1) is 11.1 Å². The monoisotopic (exact) mass is 471 g/mol. The van der Waals surface area contributed by atoms with Gasteiger partial charge >= 0.3 is 0 Å². The molecule has 2 N–H and O–H groups in total. The highest BCUT2D eigenvalue weighted by Crippen LogP contribution is 2.35. The molecule has 6 nitrogen and oxygen atoms in total. The van der Waals surface area contributed by atoms with Gasteiger partial charge in [0.25, 0.3) is 5.56 Å². The minimum absolute atomic E-state index is 0.167. The van der Waals surface area contributed by atoms with Crippen LogP contribution in [0.1, 0.15) is 16.5 Å². The molecule has 0 spiro atoms. The molecule has 0 saturated heterocycles. The van der Waals surface area contributed by atoms with Crippen molar-refractivity contribution >= 4 is 56.3 Å². The fourth-order valence-electron chi connectivity index (χ4n) is 3.07. The Morgan fingerprint density at radius 2 is 1.93 bits per heavy atom. The lowest BCUT2D eigenvalue weighted by atomic mass is 10.1. The van der Waals surface area contributed by atoms with Crippen LogP contribution in [0.3, 0.4) is 0 Å². The van der Waals surface area contributed by atoms with Gasteiger partial charge in [-0.1, -0.05) is 47.6 Å². The zero-order valence-electron chi connectivity index (χ0n) is 15.4. The van der Waals surface area contributed by atoms with E-state index in [2.05, 4.69) is 31.2 Å². The number of aromatic amines is 2. The van der Waals surface area contributed by atoms with Gasteiger partial charge < -0.3 is 4.98 Å². The lowest BCUT2D eigenvalue weighted by Gasteiger charge is -2.03. The SMILES string of the molecule is O=c1[nH]c(CSc2n[nH]c(Cc3cccs3)n2)nc2scc(-c3ccccc3Cl)c12. The second-order valence-corrected chi connectivity index (χ2v) is 9.67. The van der Waals surface area contributed by atoms with Crippen LogP contribution >= 0.6 is 46.0 Å². The van der Waals surface area contributed by atoms with Gasteiger partial charge in [0.1, 0.15) is 16.5 Å². The molecule has 10 heteroatoms. The van der Waals surface area contributed by atoms with Gasteiger partial charge in [0, 0.05) is 32.8 Å². The standard InChI is InChI=1S/C20H14ClN5OS3/c21-14-6-2-1-5-12(14)13-9-29-19-17(13)18(27)22-16(23-19)10-30-20-24-15(25-26-20)8-11-4-3-7-28-11/h1-7,9H,8,10H2,(H,22,23,27)(H,24,25,26). The fraction of sp³-hybridized carbons (Fsp3) is 0.100. The first kappa shape index (κ1) is 19.5. The fourth-order valence-corrected chi connectivity index (χ4v) is 5.66. The van der Waals surface area contributed by atoms with Gasteiger partial charge in [-0.05, 0) is 17.5 Å². The average Bonchev–Trinajstić information content (AvgIpc) is 3.48. The molecular formula is C20H14ClN5OS3. The van der Waals surface area contributed by atoms with Crippen LogP contribution in [0.4, 0.5) is 0 Å². The Balaban J connectivity index is 1.36. The van der Waals surface area contributed by atoms with E-state index in [4.69, 9.17) is 11.6 Å². The first-order valence-electron chi connectivity index (χ1n) is 8.99. The van der Waals surface area contributed by atoms with E-state index in [1.165, 1.54) is 28.0 Å². The van der Waals surface area contributed by atoms with Crippen LogP contribution in [-0.4, -0.2) is 25.1 Å². The minimum Gasteiger partial charge on any atom is -0.309 e. The van der Waals surface area contributed by atoms with Crippen molar-refractivity contribution in [3.8, 4) is 11.1 Å². The summed E-state index contributed by atoms with van der Waals surface area (Å²) in [6, 6.07) is 11.6. The number of halogens is 1. The largest absolute Gasteiger partial charge is 0.309 e. The Labute approximate surface area is 188 Å². The topological polar surface area (TPSA) is 87.3 Å². The van der Waals surface area contributed by atoms with Crippen LogP contribution in [0.25, 0.3) is 21.3 Å². The quantitative estimate of drug-likeness (QED) is 0.325. The summed E-state index contributed by atoms with van der Waals surface area (Å²) in [7, 11) is 0. The Kier molecular flexibility index (Phi) is 5.43. The maximum Gasteiger partial charge on any atom is 0.260 e. The number of thioether (sulfide) groups is 1. The van der Waals surface area contributed by atoms with E-state index in [-0.39, 0.29) is 5.56 Å². The minimum atomic E-state index is -0.167. The predicted molar refractivity (Wildman–Crippen MR) is 124 cm³/mol. The molecule has 0 aliphatic heterocycles. The van der Waals surface area contributed by atoms with E-state index in [9.17, 15) is 4.79 Å². The molecule has 0 fully saturated rings. The third-order valence-electron chi connectivity index (χ3n) is 4.43. The number of rotatable bonds is 6. The molecule has 0 radical (unpaired) electrons. The van der Waals surface area contributed by atoms with Gasteiger partial charge in [-0.2, -0.15) is 0 Å². The summed E-state index contributed by atoms with van der Waals surface area (Å²) in [5.74, 6) is 1.88. The number of aromatic nitrogens is 5. The number of nitrogens with one attached hydrogen (secondary N) is 2. The summed E-state index contributed by atoms with van der Waals surface area (Å²) >= 11 is 10.9. The number of H-pyrrole nitrogens is 2. The van der Waals surface area contributed by atoms with Crippen molar-refractivity contribution in [3.05, 3.63) is 79.1 Å². The lowest BCUT2D eigenvalue weighted by molar-refractivity contribution is 0.957. The second kappa shape index (κ2) is 8.35. The predicted octanol–water partition coefficient (Wildman–Crippen LogP) is 5.37. The van der Waals surface area contributed by atoms with Crippen molar-refractivity contribution in [2.75, 3.05) is 0 Å². The third kappa shape index (κ3) is 3.93. The highest BCUT2D eigenvalue weighted by atomic mass is 35.5. The number of hydrogen-bond donors (Lipinski definition) is 2. The number of benzene rings is 1. The molecule has 0 unspecified atom stereocenters.